The normalized spacial score (nSPS) is 11.9. The van der Waals surface area contributed by atoms with Crippen LogP contribution >= 0.6 is 0 Å². The summed E-state index contributed by atoms with van der Waals surface area (Å²) in [5.41, 5.74) is 8.88. The number of carbonyl (C=O) groups is 2. The van der Waals surface area contributed by atoms with Gasteiger partial charge < -0.3 is 4.57 Å². The smallest absolute Gasteiger partial charge is 0.268 e. The Balaban J connectivity index is 1.29. The summed E-state index contributed by atoms with van der Waals surface area (Å²) in [6.45, 7) is 15.3. The van der Waals surface area contributed by atoms with Crippen LogP contribution in [0.15, 0.2) is 146 Å². The number of amides is 2. The first-order chi connectivity index (χ1) is 27.4. The van der Waals surface area contributed by atoms with Crippen LogP contribution in [0.5, 0.6) is 0 Å². The van der Waals surface area contributed by atoms with Gasteiger partial charge in [-0.2, -0.15) is 10.5 Å². The third kappa shape index (κ3) is 5.19. The molecule has 258 valence electrons. The predicted molar refractivity (Wildman–Crippen MR) is 217 cm³/mol. The van der Waals surface area contributed by atoms with Gasteiger partial charge in [0, 0.05) is 21.9 Å². The van der Waals surface area contributed by atoms with Gasteiger partial charge in [0.15, 0.2) is 11.4 Å². The number of carbonyl (C=O) groups excluding carboxylic acids is 2. The number of nitriles is 2. The van der Waals surface area contributed by atoms with Gasteiger partial charge in [-0.15, -0.1) is 0 Å². The number of fused-ring (bicyclic) bond motifs is 4. The molecule has 0 unspecified atom stereocenters. The van der Waals surface area contributed by atoms with E-state index in [0.29, 0.717) is 45.0 Å². The van der Waals surface area contributed by atoms with Crippen LogP contribution in [0, 0.1) is 35.8 Å². The number of hydrogen-bond acceptors (Lipinski definition) is 4. The summed E-state index contributed by atoms with van der Waals surface area (Å²) in [6.07, 6.45) is 0. The molecular formula is C48H24N6O2. The van der Waals surface area contributed by atoms with Crippen molar-refractivity contribution in [2.24, 2.45) is 0 Å². The van der Waals surface area contributed by atoms with Gasteiger partial charge in [-0.25, -0.2) is 14.6 Å². The monoisotopic (exact) mass is 716 g/mol. The number of imide groups is 1. The van der Waals surface area contributed by atoms with Crippen molar-refractivity contribution < 1.29 is 9.59 Å². The molecule has 7 aromatic carbocycles. The van der Waals surface area contributed by atoms with E-state index >= 15 is 0 Å². The Hall–Kier alpha value is -8.56. The van der Waals surface area contributed by atoms with Crippen molar-refractivity contribution >= 4 is 50.7 Å². The predicted octanol–water partition coefficient (Wildman–Crippen LogP) is 11.4. The highest BCUT2D eigenvalue weighted by Gasteiger charge is 2.39. The van der Waals surface area contributed by atoms with E-state index in [1.807, 2.05) is 95.6 Å². The Morgan fingerprint density at radius 2 is 1.23 bits per heavy atom. The van der Waals surface area contributed by atoms with Gasteiger partial charge >= 0.3 is 0 Å². The molecule has 0 N–H and O–H groups in total. The van der Waals surface area contributed by atoms with Crippen molar-refractivity contribution in [2.45, 2.75) is 0 Å². The van der Waals surface area contributed by atoms with Crippen LogP contribution in [0.3, 0.4) is 0 Å². The third-order valence-electron chi connectivity index (χ3n) is 10.2. The van der Waals surface area contributed by atoms with E-state index in [1.54, 1.807) is 54.6 Å². The number of aromatic nitrogens is 1. The number of hydrogen-bond donors (Lipinski definition) is 0. The molecule has 8 aromatic rings. The summed E-state index contributed by atoms with van der Waals surface area (Å²) in [7, 11) is 0. The highest BCUT2D eigenvalue weighted by Crippen LogP contribution is 2.42. The molecule has 1 aliphatic heterocycles. The highest BCUT2D eigenvalue weighted by atomic mass is 16.2. The van der Waals surface area contributed by atoms with E-state index in [1.165, 1.54) is 4.90 Å². The molecule has 0 spiro atoms. The molecule has 56 heavy (non-hydrogen) atoms. The Morgan fingerprint density at radius 1 is 0.536 bits per heavy atom. The van der Waals surface area contributed by atoms with E-state index in [-0.39, 0.29) is 11.1 Å². The first-order valence-electron chi connectivity index (χ1n) is 17.5. The maximum absolute atomic E-state index is 14.7. The first kappa shape index (κ1) is 33.3. The van der Waals surface area contributed by atoms with Gasteiger partial charge in [0.2, 0.25) is 0 Å². The van der Waals surface area contributed by atoms with Gasteiger partial charge in [0.1, 0.15) is 0 Å². The van der Waals surface area contributed by atoms with Crippen molar-refractivity contribution in [3.63, 3.8) is 0 Å². The molecule has 8 heteroatoms. The Morgan fingerprint density at radius 3 is 1.93 bits per heavy atom. The van der Waals surface area contributed by atoms with Crippen LogP contribution in [0.1, 0.15) is 31.8 Å². The van der Waals surface area contributed by atoms with Crippen LogP contribution in [-0.2, 0) is 0 Å². The fourth-order valence-corrected chi connectivity index (χ4v) is 7.64. The van der Waals surface area contributed by atoms with Crippen molar-refractivity contribution in [1.29, 1.82) is 10.5 Å². The van der Waals surface area contributed by atoms with Crippen LogP contribution in [0.2, 0.25) is 0 Å². The zero-order valence-electron chi connectivity index (χ0n) is 29.4. The first-order valence-corrected chi connectivity index (χ1v) is 17.5. The van der Waals surface area contributed by atoms with E-state index in [4.69, 9.17) is 13.1 Å². The zero-order chi connectivity index (χ0) is 38.5. The maximum Gasteiger partial charge on any atom is 0.268 e. The van der Waals surface area contributed by atoms with Crippen molar-refractivity contribution in [3.05, 3.63) is 191 Å². The van der Waals surface area contributed by atoms with Crippen LogP contribution in [-0.4, -0.2) is 16.4 Å². The summed E-state index contributed by atoms with van der Waals surface area (Å²) < 4.78 is 1.96. The lowest BCUT2D eigenvalue weighted by Crippen LogP contribution is -2.29. The van der Waals surface area contributed by atoms with Crippen LogP contribution < -0.4 is 4.90 Å². The zero-order valence-corrected chi connectivity index (χ0v) is 29.4. The van der Waals surface area contributed by atoms with E-state index < -0.39 is 11.8 Å². The number of rotatable bonds is 5. The second-order valence-electron chi connectivity index (χ2n) is 13.3. The minimum atomic E-state index is -0.461. The van der Waals surface area contributed by atoms with Gasteiger partial charge in [-0.1, -0.05) is 91.0 Å². The largest absolute Gasteiger partial charge is 0.308 e. The molecule has 2 amide bonds. The molecule has 2 heterocycles. The van der Waals surface area contributed by atoms with Crippen LogP contribution in [0.25, 0.3) is 70.6 Å². The molecule has 0 atom stereocenters. The Bertz CT molecular complexity index is 3050. The second kappa shape index (κ2) is 13.1. The lowest BCUT2D eigenvalue weighted by Gasteiger charge is -2.16. The van der Waals surface area contributed by atoms with Gasteiger partial charge in [-0.3, -0.25) is 9.59 Å². The number of nitrogens with zero attached hydrogens (tertiary/aromatic N) is 6. The molecule has 9 rings (SSSR count). The Labute approximate surface area is 321 Å². The fraction of sp³-hybridized carbons (Fsp3) is 0. The third-order valence-corrected chi connectivity index (χ3v) is 10.2. The van der Waals surface area contributed by atoms with E-state index in [2.05, 4.69) is 21.8 Å². The van der Waals surface area contributed by atoms with Crippen molar-refractivity contribution in [3.8, 4) is 51.2 Å². The summed E-state index contributed by atoms with van der Waals surface area (Å²) in [4.78, 5) is 37.3. The average Bonchev–Trinajstić information content (AvgIpc) is 3.72. The maximum atomic E-state index is 14.7. The Kier molecular flexibility index (Phi) is 7.81. The molecular weight excluding hydrogens is 693 g/mol. The second-order valence-corrected chi connectivity index (χ2v) is 13.3. The van der Waals surface area contributed by atoms with Crippen molar-refractivity contribution in [1.82, 2.24) is 4.57 Å². The summed E-state index contributed by atoms with van der Waals surface area (Å²) >= 11 is 0. The summed E-state index contributed by atoms with van der Waals surface area (Å²) in [5.74, 6) is -0.894. The molecule has 1 aromatic heterocycles. The molecule has 0 bridgehead atoms. The minimum Gasteiger partial charge on any atom is -0.308 e. The minimum absolute atomic E-state index is 0.247. The number of benzene rings is 7. The van der Waals surface area contributed by atoms with Crippen molar-refractivity contribution in [2.75, 3.05) is 4.90 Å². The summed E-state index contributed by atoms with van der Waals surface area (Å²) in [5, 5.41) is 21.3. The SMILES string of the molecule is [C-]#[N+]c1ccc(-c2ccc3c4ccc(-c5ccc(C#N)cc5[N+]#[C-])cc4n(-c4cccc5c4C(=O)N(c4cccc(-c6ccccc6)c4)C5=O)c3c2)c(C#N)c1. The average molecular weight is 717 g/mol. The van der Waals surface area contributed by atoms with E-state index in [0.717, 1.165) is 44.1 Å². The summed E-state index contributed by atoms with van der Waals surface area (Å²) in [6, 6.07) is 48.4. The topological polar surface area (TPSA) is 98.6 Å². The molecule has 0 fully saturated rings. The van der Waals surface area contributed by atoms with Gasteiger partial charge in [0.25, 0.3) is 11.8 Å². The van der Waals surface area contributed by atoms with Gasteiger partial charge in [-0.05, 0) is 88.0 Å². The van der Waals surface area contributed by atoms with Gasteiger partial charge in [0.05, 0.1) is 58.8 Å². The molecule has 0 saturated carbocycles. The molecule has 8 nitrogen and oxygen atoms in total. The number of anilines is 1. The highest BCUT2D eigenvalue weighted by molar-refractivity contribution is 6.36. The van der Waals surface area contributed by atoms with E-state index in [9.17, 15) is 20.1 Å². The molecule has 1 aliphatic rings. The molecule has 0 saturated heterocycles. The molecule has 0 radical (unpaired) electrons. The lowest BCUT2D eigenvalue weighted by molar-refractivity contribution is 0.0926. The fourth-order valence-electron chi connectivity index (χ4n) is 7.64. The molecule has 0 aliphatic carbocycles. The quantitative estimate of drug-likeness (QED) is 0.131. The van der Waals surface area contributed by atoms with Crippen LogP contribution in [0.4, 0.5) is 17.1 Å². The lowest BCUT2D eigenvalue weighted by atomic mass is 9.98. The standard InChI is InChI=1S/C48H24N6O2/c1-51-35-17-21-37(34(23-35)28-50)32-15-19-39-40-20-16-33(38-18-14-29(27-49)22-42(38)52-2)26-45(40)54(44(39)25-32)43-13-7-12-41-46(43)48(56)53(47(41)55)36-11-6-10-31(24-36)30-8-4-3-5-9-30/h3-26H.